The zero-order valence-corrected chi connectivity index (χ0v) is 22.7. The number of amides is 1. The molecule has 36 heavy (non-hydrogen) atoms. The van der Waals surface area contributed by atoms with Gasteiger partial charge >= 0.3 is 0 Å². The number of hydrogen-bond acceptors (Lipinski definition) is 6. The normalized spacial score (nSPS) is 18.2. The Morgan fingerprint density at radius 2 is 1.72 bits per heavy atom. The van der Waals surface area contributed by atoms with Gasteiger partial charge in [-0.2, -0.15) is 0 Å². The maximum absolute atomic E-state index is 13.1. The number of phenols is 1. The van der Waals surface area contributed by atoms with Crippen LogP contribution in [0.15, 0.2) is 47.4 Å². The summed E-state index contributed by atoms with van der Waals surface area (Å²) >= 11 is 1.36. The summed E-state index contributed by atoms with van der Waals surface area (Å²) in [5, 5.41) is 13.0. The van der Waals surface area contributed by atoms with E-state index in [4.69, 9.17) is 0 Å². The van der Waals surface area contributed by atoms with E-state index in [1.54, 1.807) is 19.1 Å². The lowest BCUT2D eigenvalue weighted by Crippen LogP contribution is -2.28. The van der Waals surface area contributed by atoms with Crippen LogP contribution in [0.25, 0.3) is 10.4 Å². The predicted molar refractivity (Wildman–Crippen MR) is 145 cm³/mol. The zero-order valence-electron chi connectivity index (χ0n) is 21.0. The number of aromatic hydroxyl groups is 1. The van der Waals surface area contributed by atoms with Crippen molar-refractivity contribution in [3.05, 3.63) is 53.7 Å². The first-order valence-corrected chi connectivity index (χ1v) is 14.5. The number of hydrogen-bond donors (Lipinski definition) is 3. The summed E-state index contributed by atoms with van der Waals surface area (Å²) in [6, 6.07) is 11.1. The van der Waals surface area contributed by atoms with Crippen LogP contribution >= 0.6 is 11.3 Å². The van der Waals surface area contributed by atoms with Crippen LogP contribution in [0.3, 0.4) is 0 Å². The summed E-state index contributed by atoms with van der Waals surface area (Å²) in [6.07, 6.45) is 3.96. The Morgan fingerprint density at radius 1 is 1.06 bits per heavy atom. The molecule has 1 saturated carbocycles. The lowest BCUT2D eigenvalue weighted by Gasteiger charge is -2.29. The van der Waals surface area contributed by atoms with Crippen molar-refractivity contribution in [2.24, 2.45) is 17.8 Å². The van der Waals surface area contributed by atoms with Crippen molar-refractivity contribution in [1.82, 2.24) is 4.98 Å². The molecule has 1 aliphatic rings. The molecule has 0 saturated heterocycles. The molecule has 0 unspecified atom stereocenters. The molecule has 2 aromatic carbocycles. The number of nitrogens with zero attached hydrogens (tertiary/aromatic N) is 1. The van der Waals surface area contributed by atoms with Gasteiger partial charge in [0.15, 0.2) is 5.13 Å². The molecule has 0 spiro atoms. The Morgan fingerprint density at radius 3 is 2.36 bits per heavy atom. The number of nitrogens with one attached hydrogen (secondary N) is 2. The highest BCUT2D eigenvalue weighted by atomic mass is 32.2. The van der Waals surface area contributed by atoms with Gasteiger partial charge in [-0.1, -0.05) is 37.3 Å². The maximum Gasteiger partial charge on any atom is 0.262 e. The summed E-state index contributed by atoms with van der Waals surface area (Å²) in [5.74, 6) is 1.43. The van der Waals surface area contributed by atoms with E-state index in [9.17, 15) is 18.3 Å². The summed E-state index contributed by atoms with van der Waals surface area (Å²) in [7, 11) is -3.85. The van der Waals surface area contributed by atoms with Crippen LogP contribution in [0.5, 0.6) is 5.75 Å². The van der Waals surface area contributed by atoms with Gasteiger partial charge in [-0.15, -0.1) is 0 Å². The van der Waals surface area contributed by atoms with Crippen LogP contribution in [-0.4, -0.2) is 24.4 Å². The van der Waals surface area contributed by atoms with Gasteiger partial charge < -0.3 is 10.4 Å². The molecular formula is C27H33N3O4S2. The molecule has 1 aromatic heterocycles. The van der Waals surface area contributed by atoms with Gasteiger partial charge in [0.25, 0.3) is 10.0 Å². The standard InChI is InChI=1S/C27H33N3O4S2/c1-16(2)19-7-9-20(10-8-19)26(32)29-27-28-18(4)25(35-27)21-6-5-17(3)24(15-21)36(33,34)30-22-11-13-23(31)14-12-22/h5-6,11-16,19-20,30-31H,7-10H2,1-4H3,(H,28,29,32)/t19-,20-. The Bertz CT molecular complexity index is 1340. The van der Waals surface area contributed by atoms with Crippen LogP contribution in [0.2, 0.25) is 0 Å². The van der Waals surface area contributed by atoms with Gasteiger partial charge in [0, 0.05) is 11.6 Å². The fraction of sp³-hybridized carbons (Fsp3) is 0.407. The topological polar surface area (TPSA) is 108 Å². The average Bonchev–Trinajstić information content (AvgIpc) is 3.20. The summed E-state index contributed by atoms with van der Waals surface area (Å²) in [6.45, 7) is 8.10. The van der Waals surface area contributed by atoms with Gasteiger partial charge in [0.05, 0.1) is 15.5 Å². The molecule has 0 aliphatic heterocycles. The highest BCUT2D eigenvalue weighted by Crippen LogP contribution is 2.37. The molecule has 3 N–H and O–H groups in total. The first kappa shape index (κ1) is 26.2. The lowest BCUT2D eigenvalue weighted by atomic mass is 9.77. The summed E-state index contributed by atoms with van der Waals surface area (Å²) < 4.78 is 28.8. The number of thiazole rings is 1. The molecule has 4 rings (SSSR count). The van der Waals surface area contributed by atoms with Crippen molar-refractivity contribution in [3.63, 3.8) is 0 Å². The van der Waals surface area contributed by atoms with Crippen molar-refractivity contribution in [2.75, 3.05) is 10.0 Å². The molecule has 1 aliphatic carbocycles. The molecule has 0 atom stereocenters. The number of aryl methyl sites for hydroxylation is 2. The van der Waals surface area contributed by atoms with Crippen LogP contribution in [-0.2, 0) is 14.8 Å². The van der Waals surface area contributed by atoms with E-state index in [0.29, 0.717) is 28.2 Å². The van der Waals surface area contributed by atoms with Gasteiger partial charge in [0.2, 0.25) is 5.91 Å². The maximum atomic E-state index is 13.1. The highest BCUT2D eigenvalue weighted by molar-refractivity contribution is 7.92. The molecule has 7 nitrogen and oxygen atoms in total. The van der Waals surface area contributed by atoms with Crippen molar-refractivity contribution < 1.29 is 18.3 Å². The number of benzene rings is 2. The number of sulfonamides is 1. The van der Waals surface area contributed by atoms with Crippen molar-refractivity contribution in [2.45, 2.75) is 58.3 Å². The largest absolute Gasteiger partial charge is 0.508 e. The Kier molecular flexibility index (Phi) is 7.70. The Hall–Kier alpha value is -2.91. The smallest absolute Gasteiger partial charge is 0.262 e. The van der Waals surface area contributed by atoms with Crippen molar-refractivity contribution >= 4 is 38.1 Å². The van der Waals surface area contributed by atoms with Gasteiger partial charge in [-0.05, 0) is 92.8 Å². The summed E-state index contributed by atoms with van der Waals surface area (Å²) in [5.41, 5.74) is 2.42. The Balaban J connectivity index is 1.51. The summed E-state index contributed by atoms with van der Waals surface area (Å²) in [4.78, 5) is 18.4. The van der Waals surface area contributed by atoms with Gasteiger partial charge in [0.1, 0.15) is 5.75 Å². The van der Waals surface area contributed by atoms with E-state index in [1.165, 1.54) is 35.6 Å². The lowest BCUT2D eigenvalue weighted by molar-refractivity contribution is -0.121. The third-order valence-corrected chi connectivity index (χ3v) is 9.62. The van der Waals surface area contributed by atoms with Crippen LogP contribution in [0.1, 0.15) is 50.8 Å². The van der Waals surface area contributed by atoms with Crippen LogP contribution in [0.4, 0.5) is 10.8 Å². The first-order valence-electron chi connectivity index (χ1n) is 12.2. The fourth-order valence-corrected chi connectivity index (χ4v) is 7.04. The van der Waals surface area contributed by atoms with Crippen molar-refractivity contribution in [3.8, 4) is 16.2 Å². The molecular weight excluding hydrogens is 494 g/mol. The SMILES string of the molecule is Cc1ccc(-c2sc(NC(=O)[C@H]3CC[C@H](C(C)C)CC3)nc2C)cc1S(=O)(=O)Nc1ccc(O)cc1. The number of rotatable bonds is 7. The third-order valence-electron chi connectivity index (χ3n) is 6.97. The average molecular weight is 528 g/mol. The van der Waals surface area contributed by atoms with Gasteiger partial charge in [-0.3, -0.25) is 9.52 Å². The number of aromatic nitrogens is 1. The molecule has 9 heteroatoms. The minimum Gasteiger partial charge on any atom is -0.508 e. The molecule has 3 aromatic rings. The van der Waals surface area contributed by atoms with E-state index in [0.717, 1.165) is 41.8 Å². The van der Waals surface area contributed by atoms with Gasteiger partial charge in [-0.25, -0.2) is 13.4 Å². The third kappa shape index (κ3) is 5.90. The molecule has 1 amide bonds. The first-order chi connectivity index (χ1) is 17.0. The number of carbonyl (C=O) groups is 1. The van der Waals surface area contributed by atoms with E-state index in [2.05, 4.69) is 28.9 Å². The molecule has 192 valence electrons. The second kappa shape index (κ2) is 10.6. The molecule has 1 heterocycles. The highest BCUT2D eigenvalue weighted by Gasteiger charge is 2.28. The van der Waals surface area contributed by atoms with E-state index < -0.39 is 10.0 Å². The zero-order chi connectivity index (χ0) is 26.0. The predicted octanol–water partition coefficient (Wildman–Crippen LogP) is 6.33. The number of carbonyl (C=O) groups excluding carboxylic acids is 1. The van der Waals surface area contributed by atoms with Crippen LogP contribution < -0.4 is 10.0 Å². The van der Waals surface area contributed by atoms with Crippen molar-refractivity contribution in [1.29, 1.82) is 0 Å². The minimum absolute atomic E-state index is 0.00903. The van der Waals surface area contributed by atoms with Crippen LogP contribution in [0, 0.1) is 31.6 Å². The monoisotopic (exact) mass is 527 g/mol. The second-order valence-electron chi connectivity index (χ2n) is 9.91. The van der Waals surface area contributed by atoms with E-state index in [1.807, 2.05) is 13.0 Å². The van der Waals surface area contributed by atoms with E-state index in [-0.39, 0.29) is 22.5 Å². The molecule has 0 radical (unpaired) electrons. The Labute approximate surface area is 217 Å². The quantitative estimate of drug-likeness (QED) is 0.311. The fourth-order valence-electron chi connectivity index (χ4n) is 4.74. The minimum atomic E-state index is -3.85. The molecule has 0 bridgehead atoms. The number of anilines is 2. The number of phenolic OH excluding ortho intramolecular Hbond substituents is 1. The van der Waals surface area contributed by atoms with E-state index >= 15 is 0 Å². The molecule has 1 fully saturated rings. The second-order valence-corrected chi connectivity index (χ2v) is 12.6.